The molecule has 0 atom stereocenters. The van der Waals surface area contributed by atoms with Gasteiger partial charge in [-0.05, 0) is 53.6 Å². The molecule has 3 aromatic carbocycles. The van der Waals surface area contributed by atoms with Crippen molar-refractivity contribution in [3.05, 3.63) is 90.1 Å². The first-order chi connectivity index (χ1) is 15.3. The maximum atomic E-state index is 10.0. The SMILES string of the molecule is CC(=O)CC(C)=O.CC1(C)c2ccccc2-c2ccc(-c3nccc4ccccc34)cc21.[Ir]. The number of carbonyl (C=O) groups excluding carboxylic acids is 2. The average Bonchev–Trinajstić information content (AvgIpc) is 3.00. The molecule has 33 heavy (non-hydrogen) atoms. The second-order valence-corrected chi connectivity index (χ2v) is 8.89. The van der Waals surface area contributed by atoms with Crippen LogP contribution in [0.1, 0.15) is 45.2 Å². The Balaban J connectivity index is 0.000000337. The molecule has 0 aliphatic heterocycles. The van der Waals surface area contributed by atoms with Crippen LogP contribution in [0.15, 0.2) is 79.0 Å². The Labute approximate surface area is 208 Å². The fourth-order valence-electron chi connectivity index (χ4n) is 4.55. The summed E-state index contributed by atoms with van der Waals surface area (Å²) in [4.78, 5) is 24.8. The quantitative estimate of drug-likeness (QED) is 0.240. The summed E-state index contributed by atoms with van der Waals surface area (Å²) in [5.74, 6) is -0.125. The van der Waals surface area contributed by atoms with Crippen LogP contribution in [0.3, 0.4) is 0 Å². The molecule has 1 aromatic heterocycles. The zero-order chi connectivity index (χ0) is 22.9. The number of Topliss-reactive ketones (excluding diaryl/α,β-unsaturated/α-hetero) is 2. The summed E-state index contributed by atoms with van der Waals surface area (Å²) < 4.78 is 0. The van der Waals surface area contributed by atoms with Gasteiger partial charge in [-0.2, -0.15) is 0 Å². The van der Waals surface area contributed by atoms with Gasteiger partial charge in [0.15, 0.2) is 0 Å². The number of aromatic nitrogens is 1. The molecule has 0 saturated heterocycles. The van der Waals surface area contributed by atoms with E-state index in [-0.39, 0.29) is 43.5 Å². The number of pyridine rings is 1. The molecule has 0 spiro atoms. The minimum Gasteiger partial charge on any atom is -0.300 e. The molecule has 4 heteroatoms. The molecular formula is C29H27IrNO2. The van der Waals surface area contributed by atoms with Crippen molar-refractivity contribution < 1.29 is 29.7 Å². The van der Waals surface area contributed by atoms with Crippen LogP contribution >= 0.6 is 0 Å². The van der Waals surface area contributed by atoms with Crippen molar-refractivity contribution in [1.29, 1.82) is 0 Å². The maximum Gasteiger partial charge on any atom is 0.137 e. The molecule has 4 aromatic rings. The van der Waals surface area contributed by atoms with Gasteiger partial charge in [-0.25, -0.2) is 0 Å². The first-order valence-corrected chi connectivity index (χ1v) is 10.9. The summed E-state index contributed by atoms with van der Waals surface area (Å²) in [6, 6.07) is 26.1. The number of carbonyl (C=O) groups is 2. The Bertz CT molecular complexity index is 1320. The van der Waals surface area contributed by atoms with Gasteiger partial charge in [0.25, 0.3) is 0 Å². The number of fused-ring (bicyclic) bond motifs is 4. The van der Waals surface area contributed by atoms with Crippen molar-refractivity contribution in [1.82, 2.24) is 4.98 Å². The first kappa shape index (κ1) is 24.7. The summed E-state index contributed by atoms with van der Waals surface area (Å²) >= 11 is 0. The minimum absolute atomic E-state index is 0. The minimum atomic E-state index is -0.0625. The number of hydrogen-bond acceptors (Lipinski definition) is 3. The van der Waals surface area contributed by atoms with E-state index in [2.05, 4.69) is 86.6 Å². The molecule has 0 N–H and O–H groups in total. The topological polar surface area (TPSA) is 47.0 Å². The van der Waals surface area contributed by atoms with E-state index in [9.17, 15) is 9.59 Å². The molecule has 0 unspecified atom stereocenters. The van der Waals surface area contributed by atoms with Crippen LogP contribution in [0.25, 0.3) is 33.2 Å². The molecule has 1 aliphatic carbocycles. The molecule has 3 nitrogen and oxygen atoms in total. The number of nitrogens with zero attached hydrogens (tertiary/aromatic N) is 1. The molecule has 1 radical (unpaired) electrons. The van der Waals surface area contributed by atoms with Crippen LogP contribution in [0.2, 0.25) is 0 Å². The van der Waals surface area contributed by atoms with Gasteiger partial charge in [0.1, 0.15) is 11.6 Å². The third-order valence-corrected chi connectivity index (χ3v) is 6.03. The Hall–Kier alpha value is -2.94. The largest absolute Gasteiger partial charge is 0.300 e. The van der Waals surface area contributed by atoms with Crippen molar-refractivity contribution >= 4 is 22.3 Å². The predicted octanol–water partition coefficient (Wildman–Crippen LogP) is 6.76. The molecular weight excluding hydrogens is 587 g/mol. The van der Waals surface area contributed by atoms with Gasteiger partial charge in [-0.15, -0.1) is 0 Å². The second-order valence-electron chi connectivity index (χ2n) is 8.89. The summed E-state index contributed by atoms with van der Waals surface area (Å²) in [5.41, 5.74) is 7.79. The van der Waals surface area contributed by atoms with Gasteiger partial charge in [0.2, 0.25) is 0 Å². The number of hydrogen-bond donors (Lipinski definition) is 0. The van der Waals surface area contributed by atoms with E-state index in [0.29, 0.717) is 0 Å². The van der Waals surface area contributed by atoms with Gasteiger partial charge < -0.3 is 0 Å². The summed E-state index contributed by atoms with van der Waals surface area (Å²) in [6.07, 6.45) is 1.99. The standard InChI is InChI=1S/C24H19N.C5H8O2.Ir/c1-24(2)21-10-6-5-9-19(21)20-12-11-17(15-22(20)24)23-18-8-4-3-7-16(18)13-14-25-23;1-4(6)3-5(2)7;/h3-15H,1-2H3;3H2,1-2H3;. The van der Waals surface area contributed by atoms with E-state index in [4.69, 9.17) is 4.98 Å². The summed E-state index contributed by atoms with van der Waals surface area (Å²) in [6.45, 7) is 7.44. The Morgan fingerprint density at radius 1 is 0.788 bits per heavy atom. The van der Waals surface area contributed by atoms with E-state index < -0.39 is 0 Å². The Kier molecular flexibility index (Phi) is 7.41. The molecule has 1 aliphatic rings. The van der Waals surface area contributed by atoms with Crippen LogP contribution in [-0.2, 0) is 35.1 Å². The zero-order valence-corrected chi connectivity index (χ0v) is 21.7. The maximum absolute atomic E-state index is 10.0. The summed E-state index contributed by atoms with van der Waals surface area (Å²) in [5, 5.41) is 2.44. The first-order valence-electron chi connectivity index (χ1n) is 10.9. The van der Waals surface area contributed by atoms with Gasteiger partial charge in [-0.3, -0.25) is 14.6 Å². The second kappa shape index (κ2) is 9.91. The van der Waals surface area contributed by atoms with Crippen molar-refractivity contribution in [3.63, 3.8) is 0 Å². The number of rotatable bonds is 3. The number of benzene rings is 3. The third kappa shape index (κ3) is 4.88. The van der Waals surface area contributed by atoms with E-state index in [0.717, 1.165) is 5.69 Å². The zero-order valence-electron chi connectivity index (χ0n) is 19.3. The van der Waals surface area contributed by atoms with Crippen LogP contribution in [0.4, 0.5) is 0 Å². The normalized spacial score (nSPS) is 12.6. The average molecular weight is 614 g/mol. The molecule has 0 amide bonds. The smallest absolute Gasteiger partial charge is 0.137 e. The van der Waals surface area contributed by atoms with E-state index in [1.165, 1.54) is 52.4 Å². The van der Waals surface area contributed by atoms with Crippen molar-refractivity contribution in [2.45, 2.75) is 39.5 Å². The van der Waals surface area contributed by atoms with Crippen LogP contribution in [0.5, 0.6) is 0 Å². The fraction of sp³-hybridized carbons (Fsp3) is 0.207. The van der Waals surface area contributed by atoms with E-state index in [1.807, 2.05) is 6.20 Å². The van der Waals surface area contributed by atoms with Crippen LogP contribution in [0, 0.1) is 0 Å². The van der Waals surface area contributed by atoms with E-state index >= 15 is 0 Å². The molecule has 169 valence electrons. The van der Waals surface area contributed by atoms with Crippen molar-refractivity contribution in [2.24, 2.45) is 0 Å². The predicted molar refractivity (Wildman–Crippen MR) is 131 cm³/mol. The summed E-state index contributed by atoms with van der Waals surface area (Å²) in [7, 11) is 0. The van der Waals surface area contributed by atoms with Gasteiger partial charge in [0, 0.05) is 42.7 Å². The molecule has 0 fully saturated rings. The molecule has 0 bridgehead atoms. The van der Waals surface area contributed by atoms with Crippen LogP contribution in [-0.4, -0.2) is 16.6 Å². The molecule has 1 heterocycles. The van der Waals surface area contributed by atoms with Crippen molar-refractivity contribution in [3.8, 4) is 22.4 Å². The van der Waals surface area contributed by atoms with E-state index in [1.54, 1.807) is 0 Å². The van der Waals surface area contributed by atoms with Crippen LogP contribution < -0.4 is 0 Å². The monoisotopic (exact) mass is 614 g/mol. The Morgan fingerprint density at radius 3 is 2.12 bits per heavy atom. The van der Waals surface area contributed by atoms with Gasteiger partial charge in [-0.1, -0.05) is 74.5 Å². The fourth-order valence-corrected chi connectivity index (χ4v) is 4.55. The van der Waals surface area contributed by atoms with Gasteiger partial charge >= 0.3 is 0 Å². The molecule has 0 saturated carbocycles. The molecule has 5 rings (SSSR count). The van der Waals surface area contributed by atoms with Crippen molar-refractivity contribution in [2.75, 3.05) is 0 Å². The number of ketones is 2. The Morgan fingerprint density at radius 2 is 1.42 bits per heavy atom. The van der Waals surface area contributed by atoms with Gasteiger partial charge in [0.05, 0.1) is 12.1 Å². The third-order valence-electron chi connectivity index (χ3n) is 6.03.